The fraction of sp³-hybridized carbons (Fsp3) is 0.778. The van der Waals surface area contributed by atoms with Crippen LogP contribution in [0, 0.1) is 29.1 Å². The Morgan fingerprint density at radius 1 is 0.952 bits per heavy atom. The fourth-order valence-electron chi connectivity index (χ4n) is 1.20. The van der Waals surface area contributed by atoms with E-state index < -0.39 is 0 Å². The first-order valence-corrected chi connectivity index (χ1v) is 7.26. The minimum absolute atomic E-state index is 0. The van der Waals surface area contributed by atoms with Crippen LogP contribution in [-0.4, -0.2) is 39.0 Å². The maximum atomic E-state index is 5.40. The van der Waals surface area contributed by atoms with Gasteiger partial charge in [0.1, 0.15) is 6.61 Å². The summed E-state index contributed by atoms with van der Waals surface area (Å²) in [7, 11) is 0. The van der Waals surface area contributed by atoms with Crippen molar-refractivity contribution in [3.63, 3.8) is 0 Å². The lowest BCUT2D eigenvalue weighted by Crippen LogP contribution is -2.27. The lowest BCUT2D eigenvalue weighted by molar-refractivity contribution is 0.0608. The van der Waals surface area contributed by atoms with E-state index >= 15 is 0 Å². The Labute approximate surface area is 132 Å². The minimum atomic E-state index is 0. The van der Waals surface area contributed by atoms with Gasteiger partial charge >= 0.3 is 0 Å². The largest absolute Gasteiger partial charge is 0.378 e. The van der Waals surface area contributed by atoms with E-state index in [2.05, 4.69) is 63.6 Å². The molecule has 0 unspecified atom stereocenters. The van der Waals surface area contributed by atoms with Crippen molar-refractivity contribution in [3.05, 3.63) is 0 Å². The van der Waals surface area contributed by atoms with Crippen molar-refractivity contribution < 1.29 is 9.47 Å². The third-order valence-corrected chi connectivity index (χ3v) is 2.20. The van der Waals surface area contributed by atoms with Crippen molar-refractivity contribution >= 4 is 0 Å². The molecule has 0 radical (unpaired) electrons. The van der Waals surface area contributed by atoms with E-state index in [1.165, 1.54) is 0 Å². The maximum Gasteiger partial charge on any atom is 0.108 e. The molecule has 0 fully saturated rings. The van der Waals surface area contributed by atoms with Gasteiger partial charge < -0.3 is 14.8 Å². The van der Waals surface area contributed by atoms with Gasteiger partial charge in [-0.25, -0.2) is 0 Å². The molecule has 0 aromatic heterocycles. The molecule has 0 saturated carbocycles. The first-order valence-electron chi connectivity index (χ1n) is 7.26. The Morgan fingerprint density at radius 3 is 2.19 bits per heavy atom. The predicted octanol–water partition coefficient (Wildman–Crippen LogP) is 3.10. The highest BCUT2D eigenvalue weighted by Gasteiger charge is 2.06. The van der Waals surface area contributed by atoms with E-state index in [-0.39, 0.29) is 12.8 Å². The minimum Gasteiger partial charge on any atom is -0.378 e. The Bertz CT molecular complexity index is 347. The third-order valence-electron chi connectivity index (χ3n) is 2.20. The monoisotopic (exact) mass is 295 g/mol. The van der Waals surface area contributed by atoms with Gasteiger partial charge in [-0.05, 0) is 17.3 Å². The van der Waals surface area contributed by atoms with Gasteiger partial charge in [0.2, 0.25) is 0 Å². The van der Waals surface area contributed by atoms with Gasteiger partial charge in [-0.15, -0.1) is 0 Å². The molecule has 0 aliphatic heterocycles. The number of hydrogen-bond acceptors (Lipinski definition) is 3. The summed E-state index contributed by atoms with van der Waals surface area (Å²) in [5.41, 5.74) is 0.243. The molecule has 0 spiro atoms. The lowest BCUT2D eigenvalue weighted by Gasteiger charge is -2.12. The number of hydrogen-bond donors (Lipinski definition) is 1. The Morgan fingerprint density at radius 2 is 1.57 bits per heavy atom. The zero-order valence-corrected chi connectivity index (χ0v) is 13.6. The maximum absolute atomic E-state index is 5.40. The summed E-state index contributed by atoms with van der Waals surface area (Å²) < 4.78 is 10.7. The van der Waals surface area contributed by atoms with Gasteiger partial charge in [0, 0.05) is 19.0 Å². The SMILES string of the molecule is C.CC(C)NCCOCCOCC#CC#CCC(C)(C)C. The summed E-state index contributed by atoms with van der Waals surface area (Å²) in [6.45, 7) is 13.9. The van der Waals surface area contributed by atoms with Crippen molar-refractivity contribution in [1.29, 1.82) is 0 Å². The molecule has 1 N–H and O–H groups in total. The first-order chi connectivity index (χ1) is 9.42. The van der Waals surface area contributed by atoms with Gasteiger partial charge in [0.25, 0.3) is 0 Å². The van der Waals surface area contributed by atoms with Crippen LogP contribution in [-0.2, 0) is 9.47 Å². The van der Waals surface area contributed by atoms with Crippen LogP contribution in [0.25, 0.3) is 0 Å². The molecule has 0 amide bonds. The molecule has 0 aromatic carbocycles. The van der Waals surface area contributed by atoms with Gasteiger partial charge in [-0.3, -0.25) is 0 Å². The molecule has 0 aliphatic rings. The van der Waals surface area contributed by atoms with Crippen molar-refractivity contribution in [3.8, 4) is 23.7 Å². The van der Waals surface area contributed by atoms with Crippen LogP contribution in [0.5, 0.6) is 0 Å². The van der Waals surface area contributed by atoms with Crippen molar-refractivity contribution in [2.75, 3.05) is 33.0 Å². The van der Waals surface area contributed by atoms with Gasteiger partial charge in [0.05, 0.1) is 19.8 Å². The molecule has 0 heterocycles. The van der Waals surface area contributed by atoms with Crippen LogP contribution >= 0.6 is 0 Å². The van der Waals surface area contributed by atoms with Crippen LogP contribution in [0.2, 0.25) is 0 Å². The lowest BCUT2D eigenvalue weighted by atomic mass is 9.93. The smallest absolute Gasteiger partial charge is 0.108 e. The van der Waals surface area contributed by atoms with E-state index in [0.717, 1.165) is 13.0 Å². The Kier molecular flexibility index (Phi) is 14.8. The zero-order valence-electron chi connectivity index (χ0n) is 13.6. The molecular weight excluding hydrogens is 262 g/mol. The average molecular weight is 295 g/mol. The molecule has 0 aromatic rings. The number of rotatable bonds is 8. The molecule has 3 heteroatoms. The fourth-order valence-corrected chi connectivity index (χ4v) is 1.20. The molecule has 0 saturated heterocycles. The number of ether oxygens (including phenoxy) is 2. The van der Waals surface area contributed by atoms with Crippen LogP contribution in [0.3, 0.4) is 0 Å². The van der Waals surface area contributed by atoms with E-state index in [0.29, 0.717) is 32.5 Å². The number of nitrogens with one attached hydrogen (secondary N) is 1. The van der Waals surface area contributed by atoms with Gasteiger partial charge in [-0.1, -0.05) is 53.9 Å². The second-order valence-electron chi connectivity index (χ2n) is 6.11. The molecule has 0 rings (SSSR count). The van der Waals surface area contributed by atoms with Gasteiger partial charge in [0.15, 0.2) is 0 Å². The summed E-state index contributed by atoms with van der Waals surface area (Å²) >= 11 is 0. The molecule has 0 atom stereocenters. The van der Waals surface area contributed by atoms with Crippen LogP contribution < -0.4 is 5.32 Å². The van der Waals surface area contributed by atoms with Crippen LogP contribution in [0.1, 0.15) is 48.5 Å². The Hall–Kier alpha value is -1.000. The summed E-state index contributed by atoms with van der Waals surface area (Å²) in [6.07, 6.45) is 0.862. The van der Waals surface area contributed by atoms with E-state index in [1.54, 1.807) is 0 Å². The summed E-state index contributed by atoms with van der Waals surface area (Å²) in [5, 5.41) is 3.28. The van der Waals surface area contributed by atoms with Crippen LogP contribution in [0.4, 0.5) is 0 Å². The predicted molar refractivity (Wildman–Crippen MR) is 91.1 cm³/mol. The Balaban J connectivity index is 0. The quantitative estimate of drug-likeness (QED) is 0.551. The molecule has 3 nitrogen and oxygen atoms in total. The van der Waals surface area contributed by atoms with Gasteiger partial charge in [-0.2, -0.15) is 0 Å². The molecule has 0 aliphatic carbocycles. The highest BCUT2D eigenvalue weighted by molar-refractivity contribution is 5.26. The molecule has 0 bridgehead atoms. The average Bonchev–Trinajstić information content (AvgIpc) is 2.33. The second-order valence-corrected chi connectivity index (χ2v) is 6.11. The third kappa shape index (κ3) is 21.4. The zero-order chi connectivity index (χ0) is 15.3. The summed E-state index contributed by atoms with van der Waals surface area (Å²) in [4.78, 5) is 0. The van der Waals surface area contributed by atoms with Crippen molar-refractivity contribution in [2.45, 2.75) is 54.5 Å². The van der Waals surface area contributed by atoms with Crippen molar-refractivity contribution in [1.82, 2.24) is 5.32 Å². The summed E-state index contributed by atoms with van der Waals surface area (Å²) in [6, 6.07) is 0.504. The van der Waals surface area contributed by atoms with E-state index in [1.807, 2.05) is 0 Å². The van der Waals surface area contributed by atoms with Crippen LogP contribution in [0.15, 0.2) is 0 Å². The second kappa shape index (κ2) is 14.0. The highest BCUT2D eigenvalue weighted by atomic mass is 16.5. The molecule has 21 heavy (non-hydrogen) atoms. The summed E-state index contributed by atoms with van der Waals surface area (Å²) in [5.74, 6) is 11.6. The molecular formula is C18H33NO2. The topological polar surface area (TPSA) is 30.5 Å². The van der Waals surface area contributed by atoms with Crippen molar-refractivity contribution in [2.24, 2.45) is 5.41 Å². The van der Waals surface area contributed by atoms with E-state index in [4.69, 9.17) is 9.47 Å². The normalized spacial score (nSPS) is 10.2. The molecule has 122 valence electrons. The van der Waals surface area contributed by atoms with E-state index in [9.17, 15) is 0 Å². The first kappa shape index (κ1) is 22.3. The standard InChI is InChI=1S/C17H29NO2.CH4/c1-16(2)18-11-13-20-15-14-19-12-9-7-6-8-10-17(3,4)5;/h16,18H,10-15H2,1-5H3;1H4. The highest BCUT2D eigenvalue weighted by Crippen LogP contribution is 2.16.